The first kappa shape index (κ1) is 19.1. The fourth-order valence-corrected chi connectivity index (χ4v) is 4.69. The Morgan fingerprint density at radius 2 is 2.11 bits per heavy atom. The van der Waals surface area contributed by atoms with Gasteiger partial charge in [0.15, 0.2) is 0 Å². The molecule has 3 aliphatic rings. The van der Waals surface area contributed by atoms with Crippen LogP contribution in [-0.4, -0.2) is 65.7 Å². The predicted molar refractivity (Wildman–Crippen MR) is 105 cm³/mol. The van der Waals surface area contributed by atoms with Gasteiger partial charge in [0.2, 0.25) is 0 Å². The number of rotatable bonds is 6. The lowest BCUT2D eigenvalue weighted by Crippen LogP contribution is -2.57. The number of fused-ring (bicyclic) bond motifs is 2. The molecule has 0 radical (unpaired) electrons. The molecule has 1 heterocycles. The van der Waals surface area contributed by atoms with E-state index in [1.54, 1.807) is 7.11 Å². The zero-order valence-electron chi connectivity index (χ0n) is 16.6. The van der Waals surface area contributed by atoms with Crippen molar-refractivity contribution in [3.8, 4) is 5.75 Å². The number of carbonyl (C=O) groups excluding carboxylic acids is 1. The van der Waals surface area contributed by atoms with Gasteiger partial charge < -0.3 is 20.1 Å². The summed E-state index contributed by atoms with van der Waals surface area (Å²) in [6, 6.07) is 6.56. The van der Waals surface area contributed by atoms with Crippen molar-refractivity contribution in [1.82, 2.24) is 15.1 Å². The van der Waals surface area contributed by atoms with Gasteiger partial charge in [0.1, 0.15) is 5.75 Å². The molecule has 1 aliphatic heterocycles. The van der Waals surface area contributed by atoms with Crippen molar-refractivity contribution in [2.45, 2.75) is 56.7 Å². The summed E-state index contributed by atoms with van der Waals surface area (Å²) in [4.78, 5) is 27.7. The number of urea groups is 1. The van der Waals surface area contributed by atoms with Crippen LogP contribution in [0.2, 0.25) is 0 Å². The van der Waals surface area contributed by atoms with Crippen LogP contribution in [0.5, 0.6) is 5.75 Å². The number of ether oxygens (including phenoxy) is 1. The van der Waals surface area contributed by atoms with Crippen molar-refractivity contribution in [3.63, 3.8) is 0 Å². The minimum Gasteiger partial charge on any atom is -0.497 e. The normalized spacial score (nSPS) is 24.5. The Bertz CT molecular complexity index is 771. The maximum Gasteiger partial charge on any atom is 0.317 e. The molecule has 0 saturated heterocycles. The molecule has 2 N–H and O–H groups in total. The van der Waals surface area contributed by atoms with Crippen molar-refractivity contribution < 1.29 is 19.4 Å². The highest BCUT2D eigenvalue weighted by Gasteiger charge is 2.50. The van der Waals surface area contributed by atoms with Crippen LogP contribution in [0.25, 0.3) is 0 Å². The number of aliphatic carboxylic acids is 1. The van der Waals surface area contributed by atoms with Gasteiger partial charge in [-0.25, -0.2) is 4.79 Å². The maximum atomic E-state index is 12.9. The van der Waals surface area contributed by atoms with E-state index in [1.165, 1.54) is 11.1 Å². The van der Waals surface area contributed by atoms with Crippen LogP contribution in [0.15, 0.2) is 18.2 Å². The quantitative estimate of drug-likeness (QED) is 0.782. The fraction of sp³-hybridized carbons (Fsp3) is 0.619. The van der Waals surface area contributed by atoms with Crippen molar-refractivity contribution in [2.24, 2.45) is 0 Å². The second-order valence-electron chi connectivity index (χ2n) is 8.39. The number of nitrogens with one attached hydrogen (secondary N) is 1. The largest absolute Gasteiger partial charge is 0.497 e. The summed E-state index contributed by atoms with van der Waals surface area (Å²) in [6.45, 7) is 4.14. The Labute approximate surface area is 165 Å². The summed E-state index contributed by atoms with van der Waals surface area (Å²) in [5, 5.41) is 12.2. The molecule has 0 aromatic heterocycles. The summed E-state index contributed by atoms with van der Waals surface area (Å²) < 4.78 is 5.38. The van der Waals surface area contributed by atoms with E-state index in [9.17, 15) is 9.59 Å². The third-order valence-electron chi connectivity index (χ3n) is 6.59. The van der Waals surface area contributed by atoms with Crippen LogP contribution in [0, 0.1) is 0 Å². The van der Waals surface area contributed by atoms with E-state index < -0.39 is 5.97 Å². The monoisotopic (exact) mass is 387 g/mol. The lowest BCUT2D eigenvalue weighted by atomic mass is 9.85. The molecule has 1 spiro atoms. The molecule has 7 heteroatoms. The summed E-state index contributed by atoms with van der Waals surface area (Å²) in [7, 11) is 1.69. The fourth-order valence-electron chi connectivity index (χ4n) is 4.69. The summed E-state index contributed by atoms with van der Waals surface area (Å²) >= 11 is 0. The van der Waals surface area contributed by atoms with E-state index in [2.05, 4.69) is 17.4 Å². The van der Waals surface area contributed by atoms with Gasteiger partial charge >= 0.3 is 12.0 Å². The van der Waals surface area contributed by atoms with Gasteiger partial charge in [0.25, 0.3) is 0 Å². The molecule has 0 unspecified atom stereocenters. The van der Waals surface area contributed by atoms with Crippen molar-refractivity contribution in [2.75, 3.05) is 26.7 Å². The second kappa shape index (κ2) is 7.28. The molecule has 2 amide bonds. The molecule has 28 heavy (non-hydrogen) atoms. The third kappa shape index (κ3) is 3.55. The minimum atomic E-state index is -0.798. The molecule has 2 aliphatic carbocycles. The first-order valence-electron chi connectivity index (χ1n) is 10.1. The number of carboxylic acid groups (broad SMARTS) is 1. The zero-order valence-corrected chi connectivity index (χ0v) is 16.6. The van der Waals surface area contributed by atoms with Crippen LogP contribution in [0.4, 0.5) is 4.79 Å². The standard InChI is InChI=1S/C21H29N3O4/c1-3-23(12-19(25)26)16-8-15(9-16)22-20(27)24-11-14-4-5-17(28-2)10-18(14)21(13-24)6-7-21/h4-5,10,15-16H,3,6-9,11-13H2,1-2H3,(H,22,27)(H,25,26). The average molecular weight is 387 g/mol. The smallest absolute Gasteiger partial charge is 0.317 e. The highest BCUT2D eigenvalue weighted by Crippen LogP contribution is 2.53. The van der Waals surface area contributed by atoms with E-state index in [1.807, 2.05) is 22.8 Å². The zero-order chi connectivity index (χ0) is 19.9. The summed E-state index contributed by atoms with van der Waals surface area (Å²) in [6.07, 6.45) is 3.87. The Hall–Kier alpha value is -2.28. The number of nitrogens with zero attached hydrogens (tertiary/aromatic N) is 2. The summed E-state index contributed by atoms with van der Waals surface area (Å²) in [5.41, 5.74) is 2.65. The van der Waals surface area contributed by atoms with Crippen LogP contribution in [0.1, 0.15) is 43.7 Å². The van der Waals surface area contributed by atoms with Gasteiger partial charge in [-0.1, -0.05) is 13.0 Å². The third-order valence-corrected chi connectivity index (χ3v) is 6.59. The topological polar surface area (TPSA) is 82.1 Å². The van der Waals surface area contributed by atoms with Crippen LogP contribution in [0.3, 0.4) is 0 Å². The average Bonchev–Trinajstić information content (AvgIpc) is 3.42. The summed E-state index contributed by atoms with van der Waals surface area (Å²) in [5.74, 6) is 0.0814. The van der Waals surface area contributed by atoms with Crippen LogP contribution < -0.4 is 10.1 Å². The van der Waals surface area contributed by atoms with Gasteiger partial charge in [0.05, 0.1) is 13.7 Å². The Morgan fingerprint density at radius 3 is 2.71 bits per heavy atom. The van der Waals surface area contributed by atoms with Crippen molar-refractivity contribution in [3.05, 3.63) is 29.3 Å². The molecule has 2 saturated carbocycles. The number of hydrogen-bond acceptors (Lipinski definition) is 4. The lowest BCUT2D eigenvalue weighted by molar-refractivity contribution is -0.139. The van der Waals surface area contributed by atoms with Gasteiger partial charge in [-0.3, -0.25) is 9.69 Å². The molecule has 2 fully saturated rings. The predicted octanol–water partition coefficient (Wildman–Crippen LogP) is 2.19. The number of hydrogen-bond donors (Lipinski definition) is 2. The van der Waals surface area contributed by atoms with E-state index in [-0.39, 0.29) is 30.1 Å². The molecule has 0 atom stereocenters. The first-order valence-corrected chi connectivity index (χ1v) is 10.1. The molecule has 7 nitrogen and oxygen atoms in total. The van der Waals surface area contributed by atoms with Gasteiger partial charge in [-0.2, -0.15) is 0 Å². The van der Waals surface area contributed by atoms with Crippen molar-refractivity contribution in [1.29, 1.82) is 0 Å². The molecule has 4 rings (SSSR count). The Morgan fingerprint density at radius 1 is 1.36 bits per heavy atom. The molecule has 1 aromatic rings. The lowest BCUT2D eigenvalue weighted by Gasteiger charge is -2.43. The van der Waals surface area contributed by atoms with E-state index in [0.717, 1.165) is 38.0 Å². The van der Waals surface area contributed by atoms with Gasteiger partial charge in [-0.15, -0.1) is 0 Å². The number of carboxylic acids is 1. The second-order valence-corrected chi connectivity index (χ2v) is 8.39. The molecular weight excluding hydrogens is 358 g/mol. The molecule has 0 bridgehead atoms. The van der Waals surface area contributed by atoms with Gasteiger partial charge in [0, 0.05) is 30.6 Å². The van der Waals surface area contributed by atoms with E-state index in [4.69, 9.17) is 9.84 Å². The molecule has 152 valence electrons. The highest BCUT2D eigenvalue weighted by atomic mass is 16.5. The number of likely N-dealkylation sites (N-methyl/N-ethyl adjacent to an activating group) is 1. The van der Waals surface area contributed by atoms with Crippen molar-refractivity contribution >= 4 is 12.0 Å². The maximum absolute atomic E-state index is 12.9. The van der Waals surface area contributed by atoms with E-state index in [0.29, 0.717) is 13.1 Å². The molecule has 1 aromatic carbocycles. The van der Waals surface area contributed by atoms with E-state index >= 15 is 0 Å². The number of amides is 2. The number of benzene rings is 1. The number of carbonyl (C=O) groups is 2. The number of methoxy groups -OCH3 is 1. The van der Waals surface area contributed by atoms with Gasteiger partial charge in [-0.05, 0) is 55.5 Å². The molecular formula is C21H29N3O4. The highest BCUT2D eigenvalue weighted by molar-refractivity contribution is 5.75. The first-order chi connectivity index (χ1) is 13.4. The SMILES string of the molecule is CCN(CC(=O)O)C1CC(NC(=O)N2Cc3ccc(OC)cc3C3(CC3)C2)C1. The van der Waals surface area contributed by atoms with Crippen LogP contribution >= 0.6 is 0 Å². The Balaban J connectivity index is 1.35. The Kier molecular flexibility index (Phi) is 4.95. The van der Waals surface area contributed by atoms with Crippen LogP contribution in [-0.2, 0) is 16.8 Å². The minimum absolute atomic E-state index is 0.00234.